The minimum absolute atomic E-state index is 0.00604. The quantitative estimate of drug-likeness (QED) is 0.758. The zero-order chi connectivity index (χ0) is 18.1. The molecule has 10 heteroatoms. The summed E-state index contributed by atoms with van der Waals surface area (Å²) in [6.07, 6.45) is 4.99. The number of sulfonamides is 2. The van der Waals surface area contributed by atoms with Crippen molar-refractivity contribution in [3.05, 3.63) is 42.0 Å². The molecule has 8 nitrogen and oxygen atoms in total. The fraction of sp³-hybridized carbons (Fsp3) is 0.400. The second-order valence-corrected chi connectivity index (χ2v) is 9.46. The average Bonchev–Trinajstić information content (AvgIpc) is 3.03. The zero-order valence-electron chi connectivity index (χ0n) is 13.8. The number of benzene rings is 1. The largest absolute Gasteiger partial charge is 0.335 e. The lowest BCUT2D eigenvalue weighted by Gasteiger charge is -2.11. The van der Waals surface area contributed by atoms with Gasteiger partial charge < -0.3 is 4.57 Å². The second-order valence-electron chi connectivity index (χ2n) is 5.80. The maximum absolute atomic E-state index is 12.4. The summed E-state index contributed by atoms with van der Waals surface area (Å²) in [5.41, 5.74) is 0.676. The Morgan fingerprint density at radius 2 is 1.68 bits per heavy atom. The number of fused-ring (bicyclic) bond motifs is 1. The van der Waals surface area contributed by atoms with Crippen molar-refractivity contribution in [1.82, 2.24) is 19.0 Å². The van der Waals surface area contributed by atoms with Crippen LogP contribution in [0.3, 0.4) is 0 Å². The van der Waals surface area contributed by atoms with Gasteiger partial charge in [-0.2, -0.15) is 0 Å². The standard InChI is InChI=1S/C15H20N4O4S2/c1-16-24(20,21)13-5-7-14(8-6-13)25(22,23)17-10-12-11-19-9-3-2-4-15(19)18-12/h5-8,11,16-17H,2-4,9-10H2,1H3. The van der Waals surface area contributed by atoms with Gasteiger partial charge in [0.15, 0.2) is 0 Å². The molecule has 0 aliphatic carbocycles. The van der Waals surface area contributed by atoms with E-state index in [0.29, 0.717) is 5.69 Å². The fourth-order valence-electron chi connectivity index (χ4n) is 2.72. The Morgan fingerprint density at radius 3 is 2.28 bits per heavy atom. The van der Waals surface area contributed by atoms with Crippen molar-refractivity contribution >= 4 is 20.0 Å². The maximum Gasteiger partial charge on any atom is 0.240 e. The third-order valence-corrected chi connectivity index (χ3v) is 6.96. The Bertz CT molecular complexity index is 940. The molecule has 0 atom stereocenters. The molecule has 0 radical (unpaired) electrons. The highest BCUT2D eigenvalue weighted by Gasteiger charge is 2.18. The van der Waals surface area contributed by atoms with E-state index >= 15 is 0 Å². The minimum atomic E-state index is -3.74. The lowest BCUT2D eigenvalue weighted by molar-refractivity contribution is 0.522. The van der Waals surface area contributed by atoms with Crippen molar-refractivity contribution in [3.8, 4) is 0 Å². The van der Waals surface area contributed by atoms with Gasteiger partial charge in [-0.15, -0.1) is 0 Å². The van der Waals surface area contributed by atoms with Crippen molar-refractivity contribution in [2.24, 2.45) is 0 Å². The van der Waals surface area contributed by atoms with Crippen LogP contribution in [0.4, 0.5) is 0 Å². The molecule has 136 valence electrons. The summed E-state index contributed by atoms with van der Waals surface area (Å²) in [4.78, 5) is 4.47. The van der Waals surface area contributed by atoms with Crippen LogP contribution in [0.25, 0.3) is 0 Å². The molecule has 0 bridgehead atoms. The molecule has 2 heterocycles. The van der Waals surface area contributed by atoms with Gasteiger partial charge in [0.2, 0.25) is 20.0 Å². The Hall–Kier alpha value is -1.75. The number of aromatic nitrogens is 2. The highest BCUT2D eigenvalue weighted by atomic mass is 32.2. The van der Waals surface area contributed by atoms with Crippen LogP contribution in [0.5, 0.6) is 0 Å². The highest BCUT2D eigenvalue weighted by Crippen LogP contribution is 2.16. The Kier molecular flexibility index (Phi) is 4.96. The van der Waals surface area contributed by atoms with E-state index in [1.165, 1.54) is 31.3 Å². The molecule has 0 fully saturated rings. The Balaban J connectivity index is 1.72. The molecule has 0 spiro atoms. The molecule has 2 N–H and O–H groups in total. The van der Waals surface area contributed by atoms with Gasteiger partial charge in [-0.3, -0.25) is 0 Å². The second kappa shape index (κ2) is 6.87. The van der Waals surface area contributed by atoms with Crippen LogP contribution >= 0.6 is 0 Å². The fourth-order valence-corrected chi connectivity index (χ4v) is 4.45. The molecule has 2 aromatic rings. The molecular formula is C15H20N4O4S2. The zero-order valence-corrected chi connectivity index (χ0v) is 15.4. The van der Waals surface area contributed by atoms with E-state index in [0.717, 1.165) is 31.6 Å². The maximum atomic E-state index is 12.4. The number of nitrogens with one attached hydrogen (secondary N) is 2. The van der Waals surface area contributed by atoms with E-state index in [-0.39, 0.29) is 16.3 Å². The van der Waals surface area contributed by atoms with Crippen molar-refractivity contribution in [3.63, 3.8) is 0 Å². The first-order valence-electron chi connectivity index (χ1n) is 7.90. The minimum Gasteiger partial charge on any atom is -0.335 e. The molecule has 0 saturated heterocycles. The average molecular weight is 384 g/mol. The normalized spacial score (nSPS) is 15.1. The van der Waals surface area contributed by atoms with Crippen molar-refractivity contribution < 1.29 is 16.8 Å². The summed E-state index contributed by atoms with van der Waals surface area (Å²) in [5, 5.41) is 0. The molecular weight excluding hydrogens is 364 g/mol. The monoisotopic (exact) mass is 384 g/mol. The van der Waals surface area contributed by atoms with E-state index in [1.807, 2.05) is 6.20 Å². The lowest BCUT2D eigenvalue weighted by Crippen LogP contribution is -2.24. The molecule has 25 heavy (non-hydrogen) atoms. The molecule has 0 unspecified atom stereocenters. The number of rotatable bonds is 6. The number of imidazole rings is 1. The molecule has 1 aromatic heterocycles. The number of hydrogen-bond acceptors (Lipinski definition) is 5. The van der Waals surface area contributed by atoms with Gasteiger partial charge in [-0.25, -0.2) is 31.3 Å². The summed E-state index contributed by atoms with van der Waals surface area (Å²) in [6, 6.07) is 5.06. The highest BCUT2D eigenvalue weighted by molar-refractivity contribution is 7.90. The van der Waals surface area contributed by atoms with Crippen LogP contribution in [0.1, 0.15) is 24.4 Å². The van der Waals surface area contributed by atoms with Gasteiger partial charge in [0.25, 0.3) is 0 Å². The predicted molar refractivity (Wildman–Crippen MR) is 91.9 cm³/mol. The SMILES string of the molecule is CNS(=O)(=O)c1ccc(S(=O)(=O)NCc2cn3c(n2)CCCC3)cc1. The van der Waals surface area contributed by atoms with Crippen LogP contribution in [0.15, 0.2) is 40.3 Å². The van der Waals surface area contributed by atoms with E-state index in [2.05, 4.69) is 19.0 Å². The summed E-state index contributed by atoms with van der Waals surface area (Å²) < 4.78 is 54.8. The first-order chi connectivity index (χ1) is 11.8. The van der Waals surface area contributed by atoms with Crippen molar-refractivity contribution in [2.45, 2.75) is 42.1 Å². The summed E-state index contributed by atoms with van der Waals surface area (Å²) in [6.45, 7) is 1.01. The van der Waals surface area contributed by atoms with E-state index in [1.54, 1.807) is 0 Å². The molecule has 1 aromatic carbocycles. The molecule has 0 amide bonds. The molecule has 1 aliphatic heterocycles. The lowest BCUT2D eigenvalue weighted by atomic mass is 10.2. The van der Waals surface area contributed by atoms with Gasteiger partial charge in [0.05, 0.1) is 22.0 Å². The smallest absolute Gasteiger partial charge is 0.240 e. The summed E-state index contributed by atoms with van der Waals surface area (Å²) in [5.74, 6) is 0.988. The van der Waals surface area contributed by atoms with Crippen LogP contribution < -0.4 is 9.44 Å². The van der Waals surface area contributed by atoms with Crippen LogP contribution in [-0.4, -0.2) is 33.4 Å². The van der Waals surface area contributed by atoms with E-state index < -0.39 is 20.0 Å². The van der Waals surface area contributed by atoms with E-state index in [4.69, 9.17) is 0 Å². The van der Waals surface area contributed by atoms with Crippen LogP contribution in [0, 0.1) is 0 Å². The number of nitrogens with zero attached hydrogens (tertiary/aromatic N) is 2. The van der Waals surface area contributed by atoms with Crippen LogP contribution in [0.2, 0.25) is 0 Å². The van der Waals surface area contributed by atoms with Gasteiger partial charge in [0.1, 0.15) is 5.82 Å². The molecule has 3 rings (SSSR count). The van der Waals surface area contributed by atoms with Gasteiger partial charge in [0, 0.05) is 19.2 Å². The molecule has 0 saturated carbocycles. The predicted octanol–water partition coefficient (Wildman–Crippen LogP) is 0.606. The third-order valence-electron chi connectivity index (χ3n) is 4.11. The Morgan fingerprint density at radius 1 is 1.04 bits per heavy atom. The Labute approximate surface area is 147 Å². The van der Waals surface area contributed by atoms with Crippen molar-refractivity contribution in [1.29, 1.82) is 0 Å². The van der Waals surface area contributed by atoms with Gasteiger partial charge >= 0.3 is 0 Å². The van der Waals surface area contributed by atoms with E-state index in [9.17, 15) is 16.8 Å². The third kappa shape index (κ3) is 3.92. The first kappa shape index (κ1) is 18.1. The summed E-state index contributed by atoms with van der Waals surface area (Å²) >= 11 is 0. The van der Waals surface area contributed by atoms with Gasteiger partial charge in [-0.05, 0) is 44.2 Å². The number of hydrogen-bond donors (Lipinski definition) is 2. The summed E-state index contributed by atoms with van der Waals surface area (Å²) in [7, 11) is -6.04. The number of aryl methyl sites for hydroxylation is 2. The van der Waals surface area contributed by atoms with Crippen molar-refractivity contribution in [2.75, 3.05) is 7.05 Å². The first-order valence-corrected chi connectivity index (χ1v) is 10.9. The van der Waals surface area contributed by atoms with Gasteiger partial charge in [-0.1, -0.05) is 0 Å². The molecule has 1 aliphatic rings. The van der Waals surface area contributed by atoms with Crippen LogP contribution in [-0.2, 0) is 39.6 Å². The topological polar surface area (TPSA) is 110 Å².